The summed E-state index contributed by atoms with van der Waals surface area (Å²) in [6.45, 7) is 2.39. The maximum atomic E-state index is 12.1. The average molecular weight is 270 g/mol. The van der Waals surface area contributed by atoms with Crippen LogP contribution in [0.25, 0.3) is 0 Å². The number of anilines is 1. The van der Waals surface area contributed by atoms with Crippen LogP contribution in [0.15, 0.2) is 23.0 Å². The van der Waals surface area contributed by atoms with Crippen LogP contribution in [0.4, 0.5) is 5.82 Å². The molecule has 5 heteroatoms. The van der Waals surface area contributed by atoms with Crippen molar-refractivity contribution in [3.63, 3.8) is 0 Å². The van der Waals surface area contributed by atoms with E-state index in [4.69, 9.17) is 0 Å². The zero-order chi connectivity index (χ0) is 14.1. The highest BCUT2D eigenvalue weighted by Crippen LogP contribution is 2.20. The normalized spacial score (nSPS) is 13.3. The summed E-state index contributed by atoms with van der Waals surface area (Å²) in [5, 5.41) is 11.6. The minimum absolute atomic E-state index is 0.0339. The number of nitrogens with one attached hydrogen (secondary N) is 1. The molecule has 5 nitrogen and oxygen atoms in total. The van der Waals surface area contributed by atoms with Crippen molar-refractivity contribution in [1.82, 2.24) is 14.8 Å². The second-order valence-electron chi connectivity index (χ2n) is 5.27. The number of fused-ring (bicyclic) bond motifs is 1. The molecule has 20 heavy (non-hydrogen) atoms. The highest BCUT2D eigenvalue weighted by atomic mass is 16.1. The number of aromatic nitrogens is 3. The molecule has 0 aliphatic heterocycles. The Morgan fingerprint density at radius 1 is 1.30 bits per heavy atom. The molecule has 0 unspecified atom stereocenters. The maximum Gasteiger partial charge on any atom is 0.255 e. The van der Waals surface area contributed by atoms with E-state index in [1.54, 1.807) is 11.6 Å². The maximum absolute atomic E-state index is 12.1. The molecule has 1 aliphatic carbocycles. The van der Waals surface area contributed by atoms with Gasteiger partial charge in [0.15, 0.2) is 0 Å². The smallest absolute Gasteiger partial charge is 0.255 e. The molecule has 0 atom stereocenters. The Hall–Kier alpha value is -2.17. The predicted molar refractivity (Wildman–Crippen MR) is 77.8 cm³/mol. The summed E-state index contributed by atoms with van der Waals surface area (Å²) in [5.74, 6) is 0.744. The molecule has 104 valence electrons. The molecule has 0 spiro atoms. The van der Waals surface area contributed by atoms with Crippen LogP contribution in [0.3, 0.4) is 0 Å². The summed E-state index contributed by atoms with van der Waals surface area (Å²) in [5.41, 5.74) is 4.11. The van der Waals surface area contributed by atoms with Crippen LogP contribution in [0, 0.1) is 6.92 Å². The minimum Gasteiger partial charge on any atom is -0.364 e. The molecule has 3 rings (SSSR count). The van der Waals surface area contributed by atoms with Crippen molar-refractivity contribution in [1.29, 1.82) is 0 Å². The first-order chi connectivity index (χ1) is 9.65. The van der Waals surface area contributed by atoms with Crippen molar-refractivity contribution >= 4 is 5.82 Å². The Morgan fingerprint density at radius 3 is 3.00 bits per heavy atom. The first kappa shape index (κ1) is 12.8. The van der Waals surface area contributed by atoms with E-state index in [9.17, 15) is 4.79 Å². The Balaban J connectivity index is 1.77. The molecule has 0 saturated carbocycles. The van der Waals surface area contributed by atoms with Gasteiger partial charge in [0.05, 0.1) is 5.69 Å². The monoisotopic (exact) mass is 270 g/mol. The van der Waals surface area contributed by atoms with Gasteiger partial charge in [-0.2, -0.15) is 5.10 Å². The van der Waals surface area contributed by atoms with Gasteiger partial charge in [0.1, 0.15) is 5.82 Å². The lowest BCUT2D eigenvalue weighted by Crippen LogP contribution is -2.24. The van der Waals surface area contributed by atoms with E-state index >= 15 is 0 Å². The number of hydrogen-bond donors (Lipinski definition) is 1. The SMILES string of the molecule is Cc1ccc(CNc2cc3c(nn2)CCC3)c(=O)n1C. The fourth-order valence-corrected chi connectivity index (χ4v) is 2.52. The summed E-state index contributed by atoms with van der Waals surface area (Å²) in [4.78, 5) is 12.1. The van der Waals surface area contributed by atoms with Crippen LogP contribution < -0.4 is 10.9 Å². The Bertz CT molecular complexity index is 706. The van der Waals surface area contributed by atoms with Crippen LogP contribution in [0.1, 0.15) is 28.9 Å². The molecule has 1 N–H and O–H groups in total. The van der Waals surface area contributed by atoms with Gasteiger partial charge in [-0.15, -0.1) is 5.10 Å². The van der Waals surface area contributed by atoms with Gasteiger partial charge in [0.25, 0.3) is 5.56 Å². The average Bonchev–Trinajstić information content (AvgIpc) is 2.91. The molecule has 0 radical (unpaired) electrons. The van der Waals surface area contributed by atoms with Gasteiger partial charge in [0.2, 0.25) is 0 Å². The van der Waals surface area contributed by atoms with E-state index in [-0.39, 0.29) is 5.56 Å². The summed E-state index contributed by atoms with van der Waals surface area (Å²) < 4.78 is 1.66. The standard InChI is InChI=1S/C15H18N4O/c1-10-6-7-12(15(20)19(10)2)9-16-14-8-11-4-3-5-13(11)17-18-14/h6-8H,3-5,9H2,1-2H3,(H,16,18). The first-order valence-electron chi connectivity index (χ1n) is 6.90. The number of rotatable bonds is 3. The molecular weight excluding hydrogens is 252 g/mol. The van der Waals surface area contributed by atoms with E-state index in [1.807, 2.05) is 25.1 Å². The van der Waals surface area contributed by atoms with Crippen LogP contribution in [0.5, 0.6) is 0 Å². The van der Waals surface area contributed by atoms with E-state index in [0.29, 0.717) is 6.54 Å². The second kappa shape index (κ2) is 5.07. The third-order valence-electron chi connectivity index (χ3n) is 3.91. The van der Waals surface area contributed by atoms with Crippen molar-refractivity contribution in [3.05, 3.63) is 51.1 Å². The topological polar surface area (TPSA) is 59.8 Å². The molecule has 1 aliphatic rings. The van der Waals surface area contributed by atoms with Crippen LogP contribution in [-0.4, -0.2) is 14.8 Å². The molecule has 2 aromatic heterocycles. The highest BCUT2D eigenvalue weighted by Gasteiger charge is 2.13. The number of hydrogen-bond acceptors (Lipinski definition) is 4. The van der Waals surface area contributed by atoms with Gasteiger partial charge in [-0.05, 0) is 43.9 Å². The minimum atomic E-state index is 0.0339. The van der Waals surface area contributed by atoms with Crippen molar-refractivity contribution in [3.8, 4) is 0 Å². The Morgan fingerprint density at radius 2 is 2.15 bits per heavy atom. The Labute approximate surface area is 117 Å². The molecular formula is C15H18N4O. The fraction of sp³-hybridized carbons (Fsp3) is 0.400. The Kier molecular flexibility index (Phi) is 3.26. The fourth-order valence-electron chi connectivity index (χ4n) is 2.52. The van der Waals surface area contributed by atoms with Crippen molar-refractivity contribution in [2.75, 3.05) is 5.32 Å². The number of aryl methyl sites for hydroxylation is 3. The van der Waals surface area contributed by atoms with Crippen LogP contribution in [0.2, 0.25) is 0 Å². The lowest BCUT2D eigenvalue weighted by molar-refractivity contribution is 0.798. The molecule has 0 amide bonds. The van der Waals surface area contributed by atoms with E-state index in [2.05, 4.69) is 15.5 Å². The molecule has 0 fully saturated rings. The van der Waals surface area contributed by atoms with Crippen molar-refractivity contribution < 1.29 is 0 Å². The number of pyridine rings is 1. The highest BCUT2D eigenvalue weighted by molar-refractivity contribution is 5.40. The summed E-state index contributed by atoms with van der Waals surface area (Å²) >= 11 is 0. The molecule has 2 heterocycles. The largest absolute Gasteiger partial charge is 0.364 e. The van der Waals surface area contributed by atoms with Gasteiger partial charge < -0.3 is 9.88 Å². The third kappa shape index (κ3) is 2.31. The summed E-state index contributed by atoms with van der Waals surface area (Å²) in [7, 11) is 1.79. The quantitative estimate of drug-likeness (QED) is 0.920. The lowest BCUT2D eigenvalue weighted by atomic mass is 10.2. The van der Waals surface area contributed by atoms with E-state index < -0.39 is 0 Å². The van der Waals surface area contributed by atoms with Gasteiger partial charge in [-0.25, -0.2) is 0 Å². The zero-order valence-electron chi connectivity index (χ0n) is 11.8. The van der Waals surface area contributed by atoms with Crippen LogP contribution >= 0.6 is 0 Å². The predicted octanol–water partition coefficient (Wildman–Crippen LogP) is 1.58. The number of nitrogens with zero attached hydrogens (tertiary/aromatic N) is 3. The lowest BCUT2D eigenvalue weighted by Gasteiger charge is -2.09. The first-order valence-corrected chi connectivity index (χ1v) is 6.90. The molecule has 0 bridgehead atoms. The van der Waals surface area contributed by atoms with E-state index in [1.165, 1.54) is 5.56 Å². The molecule has 0 aromatic carbocycles. The van der Waals surface area contributed by atoms with E-state index in [0.717, 1.165) is 42.0 Å². The third-order valence-corrected chi connectivity index (χ3v) is 3.91. The van der Waals surface area contributed by atoms with Gasteiger partial charge >= 0.3 is 0 Å². The zero-order valence-corrected chi connectivity index (χ0v) is 11.8. The molecule has 2 aromatic rings. The summed E-state index contributed by atoms with van der Waals surface area (Å²) in [6.07, 6.45) is 3.26. The van der Waals surface area contributed by atoms with Crippen molar-refractivity contribution in [2.45, 2.75) is 32.7 Å². The molecule has 0 saturated heterocycles. The van der Waals surface area contributed by atoms with Crippen molar-refractivity contribution in [2.24, 2.45) is 7.05 Å². The van der Waals surface area contributed by atoms with Gasteiger partial charge in [0, 0.05) is 24.8 Å². The summed E-state index contributed by atoms with van der Waals surface area (Å²) in [6, 6.07) is 5.87. The second-order valence-corrected chi connectivity index (χ2v) is 5.27. The van der Waals surface area contributed by atoms with Gasteiger partial charge in [-0.3, -0.25) is 4.79 Å². The van der Waals surface area contributed by atoms with Crippen LogP contribution in [-0.2, 0) is 26.4 Å². The van der Waals surface area contributed by atoms with Gasteiger partial charge in [-0.1, -0.05) is 6.07 Å².